The zero-order valence-electron chi connectivity index (χ0n) is 18.9. The van der Waals surface area contributed by atoms with Crippen LogP contribution in [-0.4, -0.2) is 46.8 Å². The number of hydrazine groups is 1. The van der Waals surface area contributed by atoms with Crippen LogP contribution in [0.5, 0.6) is 0 Å². The normalized spacial score (nSPS) is 19.7. The van der Waals surface area contributed by atoms with Crippen molar-refractivity contribution in [1.29, 1.82) is 5.26 Å². The molecule has 0 saturated heterocycles. The summed E-state index contributed by atoms with van der Waals surface area (Å²) in [7, 11) is 3.61. The van der Waals surface area contributed by atoms with Crippen LogP contribution < -0.4 is 16.5 Å². The maximum Gasteiger partial charge on any atom is 0.148 e. The molecule has 33 heavy (non-hydrogen) atoms. The third-order valence-electron chi connectivity index (χ3n) is 5.91. The van der Waals surface area contributed by atoms with Crippen LogP contribution in [0.15, 0.2) is 47.6 Å². The summed E-state index contributed by atoms with van der Waals surface area (Å²) in [6, 6.07) is 8.79. The van der Waals surface area contributed by atoms with E-state index in [-0.39, 0.29) is 11.6 Å². The Hall–Kier alpha value is -3.48. The first kappa shape index (κ1) is 22.7. The summed E-state index contributed by atoms with van der Waals surface area (Å²) in [5, 5.41) is 22.6. The Bertz CT molecular complexity index is 1130. The number of aromatic nitrogens is 2. The van der Waals surface area contributed by atoms with Gasteiger partial charge in [0.25, 0.3) is 0 Å². The predicted molar refractivity (Wildman–Crippen MR) is 128 cm³/mol. The Morgan fingerprint density at radius 1 is 1.24 bits per heavy atom. The van der Waals surface area contributed by atoms with Gasteiger partial charge < -0.3 is 11.1 Å². The second-order valence-electron chi connectivity index (χ2n) is 8.36. The molecule has 0 spiro atoms. The third-order valence-corrected chi connectivity index (χ3v) is 5.91. The molecular formula is C24H29FN8. The Morgan fingerprint density at radius 2 is 2.03 bits per heavy atom. The van der Waals surface area contributed by atoms with Gasteiger partial charge in [-0.05, 0) is 37.1 Å². The molecule has 1 unspecified atom stereocenters. The summed E-state index contributed by atoms with van der Waals surface area (Å²) in [5.41, 5.74) is 11.9. The fourth-order valence-corrected chi connectivity index (χ4v) is 4.12. The second-order valence-corrected chi connectivity index (χ2v) is 8.36. The van der Waals surface area contributed by atoms with Crippen LogP contribution in [0.1, 0.15) is 37.7 Å². The number of nitrogens with one attached hydrogen (secondary N) is 2. The van der Waals surface area contributed by atoms with E-state index < -0.39 is 5.82 Å². The van der Waals surface area contributed by atoms with E-state index in [1.54, 1.807) is 22.9 Å². The largest absolute Gasteiger partial charge is 0.372 e. The molecule has 8 nitrogen and oxygen atoms in total. The first-order chi connectivity index (χ1) is 16.0. The van der Waals surface area contributed by atoms with Crippen molar-refractivity contribution in [2.24, 2.45) is 10.8 Å². The van der Waals surface area contributed by atoms with Crippen LogP contribution in [0.4, 0.5) is 10.2 Å². The third kappa shape index (κ3) is 5.13. The molecule has 3 aliphatic rings. The van der Waals surface area contributed by atoms with Gasteiger partial charge in [-0.1, -0.05) is 31.4 Å². The minimum atomic E-state index is -0.553. The van der Waals surface area contributed by atoms with E-state index >= 15 is 0 Å². The van der Waals surface area contributed by atoms with Crippen molar-refractivity contribution in [3.05, 3.63) is 53.9 Å². The summed E-state index contributed by atoms with van der Waals surface area (Å²) in [6.07, 6.45) is 12.6. The molecule has 2 heterocycles. The average molecular weight is 449 g/mol. The van der Waals surface area contributed by atoms with Crippen LogP contribution >= 0.6 is 0 Å². The number of halogens is 1. The molecular weight excluding hydrogens is 419 g/mol. The molecule has 1 saturated carbocycles. The molecule has 0 radical (unpaired) electrons. The second kappa shape index (κ2) is 9.98. The lowest BCUT2D eigenvalue weighted by Crippen LogP contribution is -2.35. The smallest absolute Gasteiger partial charge is 0.148 e. The molecule has 1 aliphatic heterocycles. The lowest BCUT2D eigenvalue weighted by molar-refractivity contribution is 0.274. The Kier molecular flexibility index (Phi) is 6.87. The zero-order chi connectivity index (χ0) is 23.4. The number of nitrogens with zero attached hydrogens (tertiary/aromatic N) is 5. The number of hydrogen-bond acceptors (Lipinski definition) is 7. The predicted octanol–water partition coefficient (Wildman–Crippen LogP) is 3.47. The number of nitrogens with two attached hydrogens (primary N) is 1. The summed E-state index contributed by atoms with van der Waals surface area (Å²) in [4.78, 5) is 0. The van der Waals surface area contributed by atoms with Gasteiger partial charge >= 0.3 is 0 Å². The Balaban J connectivity index is 0.000000318. The minimum Gasteiger partial charge on any atom is -0.372 e. The summed E-state index contributed by atoms with van der Waals surface area (Å²) in [5.74, 6) is 0.104. The van der Waals surface area contributed by atoms with Crippen molar-refractivity contribution in [1.82, 2.24) is 20.3 Å². The Labute approximate surface area is 193 Å². The highest BCUT2D eigenvalue weighted by molar-refractivity contribution is 6.07. The van der Waals surface area contributed by atoms with E-state index in [1.807, 2.05) is 37.4 Å². The van der Waals surface area contributed by atoms with E-state index in [9.17, 15) is 4.39 Å². The summed E-state index contributed by atoms with van der Waals surface area (Å²) >= 11 is 0. The highest BCUT2D eigenvalue weighted by Crippen LogP contribution is 2.29. The molecule has 172 valence electrons. The van der Waals surface area contributed by atoms with Crippen LogP contribution in [0.25, 0.3) is 17.0 Å². The molecule has 1 aromatic heterocycles. The average Bonchev–Trinajstić information content (AvgIpc) is 3.42. The number of benzene rings is 1. The molecule has 0 amide bonds. The van der Waals surface area contributed by atoms with Gasteiger partial charge in [0.15, 0.2) is 0 Å². The maximum atomic E-state index is 14.1. The van der Waals surface area contributed by atoms with E-state index in [0.717, 1.165) is 11.4 Å². The number of hydrazone groups is 1. The first-order valence-corrected chi connectivity index (χ1v) is 11.2. The number of fused-ring (bicyclic) bond motifs is 1. The molecule has 9 heteroatoms. The van der Waals surface area contributed by atoms with Gasteiger partial charge in [0.05, 0.1) is 28.7 Å². The molecule has 1 fully saturated rings. The topological polar surface area (TPSA) is 107 Å². The SMILES string of the molecule is CNc1cc(-c2ccc(C#N)c(F)c2)n(C2=CC3=NN(C)NC3C=C2)n1.NC1CCCCC1. The van der Waals surface area contributed by atoms with Crippen molar-refractivity contribution < 1.29 is 4.39 Å². The van der Waals surface area contributed by atoms with Crippen LogP contribution in [0.2, 0.25) is 0 Å². The zero-order valence-corrected chi connectivity index (χ0v) is 18.9. The maximum absolute atomic E-state index is 14.1. The first-order valence-electron chi connectivity index (χ1n) is 11.2. The minimum absolute atomic E-state index is 0.0164. The fourth-order valence-electron chi connectivity index (χ4n) is 4.12. The van der Waals surface area contributed by atoms with E-state index in [1.165, 1.54) is 44.2 Å². The molecule has 0 bridgehead atoms. The van der Waals surface area contributed by atoms with Crippen molar-refractivity contribution in [3.8, 4) is 17.3 Å². The van der Waals surface area contributed by atoms with Crippen LogP contribution in [-0.2, 0) is 0 Å². The van der Waals surface area contributed by atoms with Gasteiger partial charge in [0.2, 0.25) is 0 Å². The Morgan fingerprint density at radius 3 is 2.67 bits per heavy atom. The highest BCUT2D eigenvalue weighted by atomic mass is 19.1. The fraction of sp³-hybridized carbons (Fsp3) is 0.375. The monoisotopic (exact) mass is 448 g/mol. The molecule has 1 aromatic carbocycles. The van der Waals surface area contributed by atoms with Gasteiger partial charge in [-0.15, -0.1) is 5.10 Å². The van der Waals surface area contributed by atoms with Gasteiger partial charge in [0.1, 0.15) is 17.7 Å². The molecule has 4 N–H and O–H groups in total. The van der Waals surface area contributed by atoms with E-state index in [0.29, 0.717) is 23.1 Å². The lowest BCUT2D eigenvalue weighted by Gasteiger charge is -2.15. The van der Waals surface area contributed by atoms with Crippen molar-refractivity contribution in [3.63, 3.8) is 0 Å². The highest BCUT2D eigenvalue weighted by Gasteiger charge is 2.24. The summed E-state index contributed by atoms with van der Waals surface area (Å²) in [6.45, 7) is 0. The number of nitriles is 1. The standard InChI is InChI=1S/C18H16FN7.C6H13N/c1-21-18-9-17(11-3-4-12(10-20)14(19)7-11)26(24-18)13-5-6-15-16(8-13)23-25(2)22-15;7-6-4-2-1-3-5-6/h3-9,15,22H,1-2H3,(H,21,24);6H,1-5,7H2. The van der Waals surface area contributed by atoms with E-state index in [4.69, 9.17) is 11.0 Å². The van der Waals surface area contributed by atoms with Crippen molar-refractivity contribution in [2.45, 2.75) is 44.2 Å². The molecule has 5 rings (SSSR count). The molecule has 2 aromatic rings. The van der Waals surface area contributed by atoms with Gasteiger partial charge in [0, 0.05) is 31.8 Å². The van der Waals surface area contributed by atoms with E-state index in [2.05, 4.69) is 20.9 Å². The lowest BCUT2D eigenvalue weighted by atomic mass is 9.97. The summed E-state index contributed by atoms with van der Waals surface area (Å²) < 4.78 is 15.8. The van der Waals surface area contributed by atoms with Crippen LogP contribution in [0, 0.1) is 17.1 Å². The molecule has 1 atom stereocenters. The van der Waals surface area contributed by atoms with Gasteiger partial charge in [-0.3, -0.25) is 0 Å². The van der Waals surface area contributed by atoms with Crippen molar-refractivity contribution >= 4 is 17.2 Å². The molecule has 2 aliphatic carbocycles. The number of hydrogen-bond donors (Lipinski definition) is 3. The quantitative estimate of drug-likeness (QED) is 0.664. The van der Waals surface area contributed by atoms with Gasteiger partial charge in [-0.2, -0.15) is 10.4 Å². The number of allylic oxidation sites excluding steroid dienone is 2. The number of anilines is 1. The van der Waals surface area contributed by atoms with Crippen molar-refractivity contribution in [2.75, 3.05) is 19.4 Å². The van der Waals surface area contributed by atoms with Crippen LogP contribution in [0.3, 0.4) is 0 Å². The van der Waals surface area contributed by atoms with Gasteiger partial charge in [-0.25, -0.2) is 19.6 Å². The number of rotatable bonds is 3.